The Balaban J connectivity index is 4.29. The van der Waals surface area contributed by atoms with Crippen molar-refractivity contribution in [3.05, 3.63) is 170 Å². The number of rotatable bonds is 55. The average Bonchev–Trinajstić information content (AvgIpc) is 3.45. The highest BCUT2D eigenvalue weighted by atomic mass is 16.6. The summed E-state index contributed by atoms with van der Waals surface area (Å²) in [4.78, 5) is 38.1. The van der Waals surface area contributed by atoms with Crippen LogP contribution in [0, 0.1) is 0 Å². The predicted octanol–water partition coefficient (Wildman–Crippen LogP) is 21.9. The fourth-order valence-electron chi connectivity index (χ4n) is 8.12. The Morgan fingerprint density at radius 2 is 0.494 bits per heavy atom. The zero-order chi connectivity index (χ0) is 57.1. The van der Waals surface area contributed by atoms with Gasteiger partial charge in [-0.05, 0) is 128 Å². The average molecular weight is 1090 g/mol. The number of hydrogen-bond donors (Lipinski definition) is 0. The van der Waals surface area contributed by atoms with E-state index < -0.39 is 12.1 Å². The summed E-state index contributed by atoms with van der Waals surface area (Å²) < 4.78 is 16.7. The first-order chi connectivity index (χ1) is 39.0. The lowest BCUT2D eigenvalue weighted by molar-refractivity contribution is -0.166. The van der Waals surface area contributed by atoms with Gasteiger partial charge in [-0.25, -0.2) is 0 Å². The van der Waals surface area contributed by atoms with E-state index in [9.17, 15) is 14.4 Å². The van der Waals surface area contributed by atoms with Crippen LogP contribution in [-0.4, -0.2) is 37.2 Å². The smallest absolute Gasteiger partial charge is 0.310 e. The van der Waals surface area contributed by atoms with Gasteiger partial charge in [0.05, 0.1) is 6.42 Å². The van der Waals surface area contributed by atoms with Crippen LogP contribution in [0.4, 0.5) is 0 Å². The Kier molecular flexibility index (Phi) is 61.0. The minimum Gasteiger partial charge on any atom is -0.462 e. The summed E-state index contributed by atoms with van der Waals surface area (Å²) in [5, 5.41) is 0. The summed E-state index contributed by atoms with van der Waals surface area (Å²) in [6, 6.07) is 0. The Bertz CT molecular complexity index is 1820. The molecule has 0 fully saturated rings. The van der Waals surface area contributed by atoms with E-state index in [0.717, 1.165) is 128 Å². The summed E-state index contributed by atoms with van der Waals surface area (Å²) in [5.41, 5.74) is 0. The van der Waals surface area contributed by atoms with Crippen LogP contribution in [0.5, 0.6) is 0 Å². The zero-order valence-electron chi connectivity index (χ0n) is 50.6. The topological polar surface area (TPSA) is 78.9 Å². The van der Waals surface area contributed by atoms with Gasteiger partial charge in [-0.1, -0.05) is 274 Å². The monoisotopic (exact) mass is 1090 g/mol. The van der Waals surface area contributed by atoms with E-state index in [4.69, 9.17) is 14.2 Å². The molecule has 6 heteroatoms. The Hall–Kier alpha value is -5.23. The molecule has 0 aliphatic rings. The van der Waals surface area contributed by atoms with Crippen LogP contribution in [-0.2, 0) is 28.6 Å². The molecule has 1 atom stereocenters. The van der Waals surface area contributed by atoms with Crippen molar-refractivity contribution in [1.82, 2.24) is 0 Å². The fraction of sp³-hybridized carbons (Fsp3) is 0.575. The molecule has 0 rings (SSSR count). The van der Waals surface area contributed by atoms with Gasteiger partial charge in [-0.2, -0.15) is 0 Å². The highest BCUT2D eigenvalue weighted by molar-refractivity contribution is 5.72. The molecule has 0 spiro atoms. The van der Waals surface area contributed by atoms with Crippen molar-refractivity contribution < 1.29 is 28.6 Å². The van der Waals surface area contributed by atoms with Crippen molar-refractivity contribution in [2.24, 2.45) is 0 Å². The van der Waals surface area contributed by atoms with E-state index in [1.807, 2.05) is 6.08 Å². The number of carbonyl (C=O) groups excluding carboxylic acids is 3. The summed E-state index contributed by atoms with van der Waals surface area (Å²) in [6.45, 7) is 6.17. The van der Waals surface area contributed by atoms with Gasteiger partial charge in [0.1, 0.15) is 13.2 Å². The standard InChI is InChI=1S/C73H114O6/c1-4-7-10-13-16-19-22-25-27-28-29-30-31-32-33-34-35-36-37-38-39-40-41-42-43-44-46-48-51-54-57-60-63-66-72(75)78-69-70(68-77-71(74)65-62-59-56-53-50-47-24-21-18-15-12-9-6-3)79-73(76)67-64-61-58-55-52-49-45-26-23-20-17-14-11-8-5-2/h7-12,16-21,25-27,29-30,32-33,35-36,45,47,50,52,55,61,64,70H,4-6,13-15,22-24,28,31,34,37-44,46,48-49,51,53-54,56-60,62-63,65-69H2,1-3H3/b10-7-,11-8-,12-9-,19-16-,20-17-,21-18-,27-25-,30-29-,33-32-,36-35-,45-26-,50-47-,55-52-,64-61-. The van der Waals surface area contributed by atoms with Crippen LogP contribution in [0.15, 0.2) is 170 Å². The molecule has 1 unspecified atom stereocenters. The lowest BCUT2D eigenvalue weighted by Gasteiger charge is -2.18. The number of hydrogen-bond acceptors (Lipinski definition) is 6. The minimum atomic E-state index is -0.852. The van der Waals surface area contributed by atoms with Crippen LogP contribution in [0.1, 0.15) is 252 Å². The summed E-state index contributed by atoms with van der Waals surface area (Å²) >= 11 is 0. The summed E-state index contributed by atoms with van der Waals surface area (Å²) in [5.74, 6) is -1.10. The van der Waals surface area contributed by atoms with Crippen molar-refractivity contribution in [2.75, 3.05) is 13.2 Å². The molecule has 0 saturated heterocycles. The number of allylic oxidation sites excluding steroid dienone is 27. The van der Waals surface area contributed by atoms with E-state index in [2.05, 4.69) is 179 Å². The molecular weight excluding hydrogens is 973 g/mol. The second kappa shape index (κ2) is 65.3. The largest absolute Gasteiger partial charge is 0.462 e. The van der Waals surface area contributed by atoms with Crippen molar-refractivity contribution in [1.29, 1.82) is 0 Å². The van der Waals surface area contributed by atoms with E-state index in [1.165, 1.54) is 77.0 Å². The highest BCUT2D eigenvalue weighted by Gasteiger charge is 2.19. The lowest BCUT2D eigenvalue weighted by atomic mass is 10.0. The number of carbonyl (C=O) groups is 3. The van der Waals surface area contributed by atoms with Crippen LogP contribution in [0.2, 0.25) is 0 Å². The Morgan fingerprint density at radius 3 is 0.785 bits per heavy atom. The molecule has 0 aliphatic carbocycles. The Morgan fingerprint density at radius 1 is 0.266 bits per heavy atom. The van der Waals surface area contributed by atoms with Gasteiger partial charge in [0.15, 0.2) is 6.10 Å². The molecule has 0 N–H and O–H groups in total. The van der Waals surface area contributed by atoms with E-state index in [-0.39, 0.29) is 31.6 Å². The molecule has 0 heterocycles. The molecule has 0 saturated carbocycles. The zero-order valence-corrected chi connectivity index (χ0v) is 50.6. The maximum atomic E-state index is 12.8. The molecule has 0 aromatic rings. The normalized spacial score (nSPS) is 13.3. The molecule has 442 valence electrons. The minimum absolute atomic E-state index is 0.0836. The molecule has 0 aromatic heterocycles. The first kappa shape index (κ1) is 73.8. The molecule has 6 nitrogen and oxygen atoms in total. The van der Waals surface area contributed by atoms with E-state index >= 15 is 0 Å². The lowest BCUT2D eigenvalue weighted by Crippen LogP contribution is -2.30. The summed E-state index contributed by atoms with van der Waals surface area (Å²) in [6.07, 6.45) is 96.9. The van der Waals surface area contributed by atoms with Crippen LogP contribution < -0.4 is 0 Å². The second-order valence-corrected chi connectivity index (χ2v) is 20.2. The SMILES string of the molecule is CC/C=C\C/C=C\C/C=C\C/C=C\C/C=C\C/C=C\CCCCCCCCCCCCCCCCC(=O)OCC(COC(=O)CCCCC/C=C\C/C=C\C/C=C\CC)OC(=O)C/C=C\C/C=C\C/C=C\C/C=C\C/C=C\CC. The van der Waals surface area contributed by atoms with Gasteiger partial charge < -0.3 is 14.2 Å². The molecule has 0 aromatic carbocycles. The predicted molar refractivity (Wildman–Crippen MR) is 343 cm³/mol. The third kappa shape index (κ3) is 63.5. The second-order valence-electron chi connectivity index (χ2n) is 20.2. The third-order valence-electron chi connectivity index (χ3n) is 12.7. The molecule has 0 amide bonds. The quantitative estimate of drug-likeness (QED) is 0.0261. The van der Waals surface area contributed by atoms with Crippen molar-refractivity contribution in [3.8, 4) is 0 Å². The number of unbranched alkanes of at least 4 members (excludes halogenated alkanes) is 17. The van der Waals surface area contributed by atoms with Gasteiger partial charge in [-0.3, -0.25) is 14.4 Å². The van der Waals surface area contributed by atoms with Crippen molar-refractivity contribution in [3.63, 3.8) is 0 Å². The molecule has 0 aliphatic heterocycles. The fourth-order valence-corrected chi connectivity index (χ4v) is 8.12. The van der Waals surface area contributed by atoms with E-state index in [1.54, 1.807) is 6.08 Å². The van der Waals surface area contributed by atoms with E-state index in [0.29, 0.717) is 19.3 Å². The highest BCUT2D eigenvalue weighted by Crippen LogP contribution is 2.15. The van der Waals surface area contributed by atoms with Crippen LogP contribution >= 0.6 is 0 Å². The maximum Gasteiger partial charge on any atom is 0.310 e. The molecule has 0 bridgehead atoms. The Labute approximate surface area is 485 Å². The molecular formula is C73H114O6. The van der Waals surface area contributed by atoms with Crippen LogP contribution in [0.3, 0.4) is 0 Å². The molecule has 79 heavy (non-hydrogen) atoms. The van der Waals surface area contributed by atoms with Gasteiger partial charge >= 0.3 is 17.9 Å². The number of ether oxygens (including phenoxy) is 3. The first-order valence-corrected chi connectivity index (χ1v) is 31.6. The van der Waals surface area contributed by atoms with Gasteiger partial charge in [-0.15, -0.1) is 0 Å². The third-order valence-corrected chi connectivity index (χ3v) is 12.7. The van der Waals surface area contributed by atoms with Gasteiger partial charge in [0.25, 0.3) is 0 Å². The molecule has 0 radical (unpaired) electrons. The van der Waals surface area contributed by atoms with Crippen molar-refractivity contribution >= 4 is 17.9 Å². The van der Waals surface area contributed by atoms with Crippen molar-refractivity contribution in [2.45, 2.75) is 258 Å². The van der Waals surface area contributed by atoms with Gasteiger partial charge in [0, 0.05) is 12.8 Å². The maximum absolute atomic E-state index is 12.8. The first-order valence-electron chi connectivity index (χ1n) is 31.6. The summed E-state index contributed by atoms with van der Waals surface area (Å²) in [7, 11) is 0. The van der Waals surface area contributed by atoms with Crippen LogP contribution in [0.25, 0.3) is 0 Å². The van der Waals surface area contributed by atoms with Gasteiger partial charge in [0.2, 0.25) is 0 Å². The number of esters is 3.